The van der Waals surface area contributed by atoms with Gasteiger partial charge < -0.3 is 15.6 Å². The summed E-state index contributed by atoms with van der Waals surface area (Å²) in [6, 6.07) is 11.3. The molecule has 0 bridgehead atoms. The van der Waals surface area contributed by atoms with E-state index < -0.39 is 6.04 Å². The highest BCUT2D eigenvalue weighted by Gasteiger charge is 2.22. The number of thiophene rings is 1. The van der Waals surface area contributed by atoms with Crippen LogP contribution in [0.15, 0.2) is 42.6 Å². The van der Waals surface area contributed by atoms with E-state index in [1.807, 2.05) is 49.5 Å². The van der Waals surface area contributed by atoms with Gasteiger partial charge in [0.2, 0.25) is 5.91 Å². The summed E-state index contributed by atoms with van der Waals surface area (Å²) < 4.78 is 0.733. The average molecular weight is 362 g/mol. The summed E-state index contributed by atoms with van der Waals surface area (Å²) in [5.41, 5.74) is 8.34. The number of nitrogens with one attached hydrogen (secondary N) is 1. The van der Waals surface area contributed by atoms with Crippen molar-refractivity contribution in [1.82, 2.24) is 9.88 Å². The van der Waals surface area contributed by atoms with Gasteiger partial charge in [-0.2, -0.15) is 0 Å². The first-order chi connectivity index (χ1) is 11.6. The molecule has 0 aliphatic carbocycles. The molecule has 0 aliphatic heterocycles. The number of hydrogen-bond acceptors (Lipinski definition) is 3. The van der Waals surface area contributed by atoms with Crippen LogP contribution in [0.1, 0.15) is 17.4 Å². The van der Waals surface area contributed by atoms with Crippen LogP contribution in [0, 0.1) is 0 Å². The molecule has 1 atom stereocenters. The van der Waals surface area contributed by atoms with Crippen molar-refractivity contribution in [3.05, 3.63) is 57.4 Å². The zero-order valence-electron chi connectivity index (χ0n) is 13.5. The molecule has 0 aliphatic rings. The molecule has 4 nitrogen and oxygen atoms in total. The Labute approximate surface area is 150 Å². The van der Waals surface area contributed by atoms with Crippen LogP contribution in [-0.2, 0) is 17.8 Å². The molecule has 3 aromatic rings. The normalized spacial score (nSPS) is 12.5. The van der Waals surface area contributed by atoms with Crippen LogP contribution in [0.4, 0.5) is 0 Å². The Morgan fingerprint density at radius 2 is 2.12 bits per heavy atom. The number of nitrogens with two attached hydrogens (primary N) is 1. The van der Waals surface area contributed by atoms with Gasteiger partial charge in [-0.05, 0) is 37.1 Å². The van der Waals surface area contributed by atoms with Crippen molar-refractivity contribution in [3.63, 3.8) is 0 Å². The van der Waals surface area contributed by atoms with E-state index in [0.717, 1.165) is 25.7 Å². The summed E-state index contributed by atoms with van der Waals surface area (Å²) in [6.07, 6.45) is 2.46. The summed E-state index contributed by atoms with van der Waals surface area (Å²) in [6.45, 7) is 3.13. The molecule has 0 fully saturated rings. The van der Waals surface area contributed by atoms with E-state index in [1.54, 1.807) is 4.90 Å². The maximum atomic E-state index is 12.7. The second-order valence-corrected chi connectivity index (χ2v) is 7.53. The van der Waals surface area contributed by atoms with Crippen molar-refractivity contribution in [3.8, 4) is 0 Å². The van der Waals surface area contributed by atoms with Crippen LogP contribution in [0.25, 0.3) is 10.9 Å². The molecule has 0 saturated carbocycles. The molecule has 1 amide bonds. The van der Waals surface area contributed by atoms with Crippen LogP contribution in [0.3, 0.4) is 0 Å². The highest BCUT2D eigenvalue weighted by molar-refractivity contribution is 7.16. The van der Waals surface area contributed by atoms with Gasteiger partial charge in [-0.15, -0.1) is 11.3 Å². The molecular formula is C18H20ClN3OS. The fourth-order valence-electron chi connectivity index (χ4n) is 2.83. The summed E-state index contributed by atoms with van der Waals surface area (Å²) >= 11 is 7.46. The minimum Gasteiger partial charge on any atom is -0.361 e. The monoisotopic (exact) mass is 361 g/mol. The number of carbonyl (C=O) groups excluding carboxylic acids is 1. The lowest BCUT2D eigenvalue weighted by Gasteiger charge is -2.23. The number of aromatic nitrogens is 1. The van der Waals surface area contributed by atoms with Crippen molar-refractivity contribution in [2.45, 2.75) is 25.9 Å². The van der Waals surface area contributed by atoms with E-state index in [4.69, 9.17) is 17.3 Å². The lowest BCUT2D eigenvalue weighted by atomic mass is 10.0. The van der Waals surface area contributed by atoms with Gasteiger partial charge in [0, 0.05) is 28.5 Å². The maximum absolute atomic E-state index is 12.7. The molecule has 0 spiro atoms. The minimum atomic E-state index is -0.556. The number of halogens is 1. The Bertz CT molecular complexity index is 842. The first-order valence-electron chi connectivity index (χ1n) is 7.92. The molecule has 0 saturated heterocycles. The van der Waals surface area contributed by atoms with Gasteiger partial charge in [0.05, 0.1) is 16.9 Å². The van der Waals surface area contributed by atoms with Crippen LogP contribution in [0.5, 0.6) is 0 Å². The fraction of sp³-hybridized carbons (Fsp3) is 0.278. The van der Waals surface area contributed by atoms with Crippen LogP contribution >= 0.6 is 22.9 Å². The number of nitrogens with zero attached hydrogens (tertiary/aromatic N) is 1. The number of carbonyl (C=O) groups is 1. The summed E-state index contributed by atoms with van der Waals surface area (Å²) in [5.74, 6) is -0.0349. The van der Waals surface area contributed by atoms with Crippen LogP contribution in [-0.4, -0.2) is 28.4 Å². The molecule has 2 aromatic heterocycles. The Balaban J connectivity index is 1.70. The van der Waals surface area contributed by atoms with E-state index >= 15 is 0 Å². The van der Waals surface area contributed by atoms with E-state index in [-0.39, 0.29) is 5.91 Å². The van der Waals surface area contributed by atoms with Crippen molar-refractivity contribution >= 4 is 39.7 Å². The molecule has 126 valence electrons. The third-order valence-corrected chi connectivity index (χ3v) is 5.32. The Morgan fingerprint density at radius 1 is 1.33 bits per heavy atom. The lowest BCUT2D eigenvalue weighted by molar-refractivity contribution is -0.132. The molecule has 0 radical (unpaired) electrons. The topological polar surface area (TPSA) is 62.1 Å². The van der Waals surface area contributed by atoms with Crippen molar-refractivity contribution < 1.29 is 4.79 Å². The van der Waals surface area contributed by atoms with Gasteiger partial charge in [-0.25, -0.2) is 0 Å². The molecule has 24 heavy (non-hydrogen) atoms. The number of fused-ring (bicyclic) bond motifs is 1. The SMILES string of the molecule is CCN(Cc1ccc(Cl)s1)C(=O)[C@@H](N)Cc1c[nH]c2ccccc12. The summed E-state index contributed by atoms with van der Waals surface area (Å²) in [7, 11) is 0. The number of aromatic amines is 1. The minimum absolute atomic E-state index is 0.0349. The van der Waals surface area contributed by atoms with E-state index in [1.165, 1.54) is 11.3 Å². The number of hydrogen-bond donors (Lipinski definition) is 2. The number of likely N-dealkylation sites (N-methyl/N-ethyl adjacent to an activating group) is 1. The Morgan fingerprint density at radius 3 is 2.83 bits per heavy atom. The molecule has 6 heteroatoms. The lowest BCUT2D eigenvalue weighted by Crippen LogP contribution is -2.44. The Hall–Kier alpha value is -1.82. The van der Waals surface area contributed by atoms with Gasteiger partial charge in [-0.1, -0.05) is 29.8 Å². The van der Waals surface area contributed by atoms with E-state index in [0.29, 0.717) is 19.5 Å². The third-order valence-electron chi connectivity index (χ3n) is 4.10. The Kier molecular flexibility index (Phi) is 5.23. The number of benzene rings is 1. The number of H-pyrrole nitrogens is 1. The average Bonchev–Trinajstić information content (AvgIpc) is 3.18. The second-order valence-electron chi connectivity index (χ2n) is 5.73. The quantitative estimate of drug-likeness (QED) is 0.701. The molecule has 0 unspecified atom stereocenters. The van der Waals surface area contributed by atoms with Gasteiger partial charge in [0.25, 0.3) is 0 Å². The first kappa shape index (κ1) is 17.0. The van der Waals surface area contributed by atoms with Crippen molar-refractivity contribution in [2.75, 3.05) is 6.54 Å². The molecule has 2 heterocycles. The van der Waals surface area contributed by atoms with Gasteiger partial charge in [-0.3, -0.25) is 4.79 Å². The van der Waals surface area contributed by atoms with Crippen molar-refractivity contribution in [1.29, 1.82) is 0 Å². The third kappa shape index (κ3) is 3.64. The van der Waals surface area contributed by atoms with E-state index in [9.17, 15) is 4.79 Å². The fourth-order valence-corrected chi connectivity index (χ4v) is 3.93. The van der Waals surface area contributed by atoms with E-state index in [2.05, 4.69) is 4.98 Å². The van der Waals surface area contributed by atoms with Crippen LogP contribution < -0.4 is 5.73 Å². The highest BCUT2D eigenvalue weighted by Crippen LogP contribution is 2.23. The first-order valence-corrected chi connectivity index (χ1v) is 9.11. The molecule has 1 aromatic carbocycles. The zero-order chi connectivity index (χ0) is 17.1. The molecule has 3 rings (SSSR count). The number of rotatable bonds is 6. The van der Waals surface area contributed by atoms with Crippen LogP contribution in [0.2, 0.25) is 4.34 Å². The van der Waals surface area contributed by atoms with Crippen molar-refractivity contribution in [2.24, 2.45) is 5.73 Å². The molecular weight excluding hydrogens is 342 g/mol. The standard InChI is InChI=1S/C18H20ClN3OS/c1-2-22(11-13-7-8-17(19)24-13)18(23)15(20)9-12-10-21-16-6-4-3-5-14(12)16/h3-8,10,15,21H,2,9,11,20H2,1H3/t15-/m0/s1. The zero-order valence-corrected chi connectivity index (χ0v) is 15.0. The highest BCUT2D eigenvalue weighted by atomic mass is 35.5. The van der Waals surface area contributed by atoms with Gasteiger partial charge in [0.1, 0.15) is 0 Å². The maximum Gasteiger partial charge on any atom is 0.240 e. The smallest absolute Gasteiger partial charge is 0.240 e. The summed E-state index contributed by atoms with van der Waals surface area (Å²) in [4.78, 5) is 18.8. The predicted molar refractivity (Wildman–Crippen MR) is 100 cm³/mol. The number of para-hydroxylation sites is 1. The van der Waals surface area contributed by atoms with Gasteiger partial charge in [0.15, 0.2) is 0 Å². The predicted octanol–water partition coefficient (Wildman–Crippen LogP) is 3.80. The second kappa shape index (κ2) is 7.38. The largest absolute Gasteiger partial charge is 0.361 e. The number of amides is 1. The van der Waals surface area contributed by atoms with Gasteiger partial charge >= 0.3 is 0 Å². The summed E-state index contributed by atoms with van der Waals surface area (Å²) in [5, 5.41) is 1.12. The molecule has 3 N–H and O–H groups in total.